The molecule has 0 saturated heterocycles. The molecule has 0 heterocycles. The molecule has 2 aliphatic rings. The topological polar surface area (TPSA) is 55.1 Å². The molecule has 3 N–H and O–H groups in total. The van der Waals surface area contributed by atoms with Gasteiger partial charge >= 0.3 is 0 Å². The first-order chi connectivity index (χ1) is 8.47. The Morgan fingerprint density at radius 1 is 1.22 bits per heavy atom. The number of rotatable bonds is 3. The maximum atomic E-state index is 12.4. The van der Waals surface area contributed by atoms with E-state index in [2.05, 4.69) is 26.1 Å². The minimum atomic E-state index is -0.248. The SMILES string of the molecule is CC1CCC(NC(=O)C2(CN)CC(C)C2)C(C)C1. The lowest BCUT2D eigenvalue weighted by atomic mass is 9.62. The minimum Gasteiger partial charge on any atom is -0.353 e. The second kappa shape index (κ2) is 5.20. The van der Waals surface area contributed by atoms with E-state index in [1.54, 1.807) is 0 Å². The summed E-state index contributed by atoms with van der Waals surface area (Å²) in [4.78, 5) is 12.4. The Morgan fingerprint density at radius 3 is 2.39 bits per heavy atom. The van der Waals surface area contributed by atoms with Gasteiger partial charge in [-0.25, -0.2) is 0 Å². The minimum absolute atomic E-state index is 0.217. The van der Waals surface area contributed by atoms with Crippen LogP contribution in [0.25, 0.3) is 0 Å². The number of nitrogens with two attached hydrogens (primary N) is 1. The summed E-state index contributed by atoms with van der Waals surface area (Å²) in [5.41, 5.74) is 5.59. The van der Waals surface area contributed by atoms with Crippen molar-refractivity contribution in [2.75, 3.05) is 6.54 Å². The van der Waals surface area contributed by atoms with Gasteiger partial charge in [-0.15, -0.1) is 0 Å². The third-order valence-electron chi connectivity index (χ3n) is 5.10. The molecule has 2 rings (SSSR count). The Hall–Kier alpha value is -0.570. The normalized spacial score (nSPS) is 44.2. The lowest BCUT2D eigenvalue weighted by molar-refractivity contribution is -0.139. The molecule has 0 spiro atoms. The van der Waals surface area contributed by atoms with Crippen LogP contribution in [0.1, 0.15) is 52.9 Å². The summed E-state index contributed by atoms with van der Waals surface area (Å²) in [6, 6.07) is 0.369. The van der Waals surface area contributed by atoms with E-state index in [4.69, 9.17) is 5.73 Å². The molecule has 2 saturated carbocycles. The van der Waals surface area contributed by atoms with Gasteiger partial charge in [0.2, 0.25) is 5.91 Å². The Bertz CT molecular complexity index is 310. The van der Waals surface area contributed by atoms with Gasteiger partial charge in [-0.05, 0) is 49.9 Å². The van der Waals surface area contributed by atoms with Gasteiger partial charge in [0.05, 0.1) is 5.41 Å². The van der Waals surface area contributed by atoms with Crippen LogP contribution in [0.3, 0.4) is 0 Å². The van der Waals surface area contributed by atoms with E-state index in [1.165, 1.54) is 12.8 Å². The van der Waals surface area contributed by atoms with Crippen LogP contribution in [0.4, 0.5) is 0 Å². The van der Waals surface area contributed by atoms with Gasteiger partial charge in [0.15, 0.2) is 0 Å². The number of hydrogen-bond donors (Lipinski definition) is 2. The molecule has 3 heteroatoms. The maximum absolute atomic E-state index is 12.4. The fourth-order valence-electron chi connectivity index (χ4n) is 3.92. The van der Waals surface area contributed by atoms with Gasteiger partial charge in [0.25, 0.3) is 0 Å². The van der Waals surface area contributed by atoms with Crippen LogP contribution >= 0.6 is 0 Å². The highest BCUT2D eigenvalue weighted by Crippen LogP contribution is 2.45. The molecular formula is C15H28N2O. The molecule has 0 aromatic carbocycles. The van der Waals surface area contributed by atoms with Gasteiger partial charge in [0.1, 0.15) is 0 Å². The molecule has 0 aliphatic heterocycles. The first-order valence-electron chi connectivity index (χ1n) is 7.48. The number of carbonyl (C=O) groups is 1. The Morgan fingerprint density at radius 2 is 1.89 bits per heavy atom. The summed E-state index contributed by atoms with van der Waals surface area (Å²) in [7, 11) is 0. The molecule has 3 unspecified atom stereocenters. The van der Waals surface area contributed by atoms with E-state index in [0.717, 1.165) is 25.2 Å². The van der Waals surface area contributed by atoms with Crippen molar-refractivity contribution in [2.24, 2.45) is 28.9 Å². The highest BCUT2D eigenvalue weighted by atomic mass is 16.2. The quantitative estimate of drug-likeness (QED) is 0.810. The van der Waals surface area contributed by atoms with Crippen molar-refractivity contribution in [1.29, 1.82) is 0 Å². The molecule has 1 amide bonds. The molecule has 0 aromatic rings. The van der Waals surface area contributed by atoms with E-state index in [9.17, 15) is 4.79 Å². The van der Waals surface area contributed by atoms with Crippen molar-refractivity contribution in [3.8, 4) is 0 Å². The van der Waals surface area contributed by atoms with Crippen molar-refractivity contribution < 1.29 is 4.79 Å². The standard InChI is InChI=1S/C15H28N2O/c1-10-4-5-13(12(3)6-10)17-14(18)15(9-16)7-11(2)8-15/h10-13H,4-9,16H2,1-3H3,(H,17,18). The van der Waals surface area contributed by atoms with Crippen molar-refractivity contribution >= 4 is 5.91 Å². The average molecular weight is 252 g/mol. The molecule has 104 valence electrons. The monoisotopic (exact) mass is 252 g/mol. The average Bonchev–Trinajstić information content (AvgIpc) is 2.28. The maximum Gasteiger partial charge on any atom is 0.227 e. The van der Waals surface area contributed by atoms with Crippen LogP contribution in [-0.2, 0) is 4.79 Å². The molecular weight excluding hydrogens is 224 g/mol. The first kappa shape index (κ1) is 13.9. The fourth-order valence-corrected chi connectivity index (χ4v) is 3.92. The number of nitrogens with one attached hydrogen (secondary N) is 1. The van der Waals surface area contributed by atoms with E-state index in [0.29, 0.717) is 24.4 Å². The number of carbonyl (C=O) groups excluding carboxylic acids is 1. The van der Waals surface area contributed by atoms with Crippen LogP contribution in [-0.4, -0.2) is 18.5 Å². The summed E-state index contributed by atoms with van der Waals surface area (Å²) < 4.78 is 0. The van der Waals surface area contributed by atoms with Crippen LogP contribution in [0.2, 0.25) is 0 Å². The van der Waals surface area contributed by atoms with Gasteiger partial charge in [0, 0.05) is 12.6 Å². The number of amides is 1. The zero-order chi connectivity index (χ0) is 13.3. The van der Waals surface area contributed by atoms with Crippen LogP contribution in [0.5, 0.6) is 0 Å². The van der Waals surface area contributed by atoms with Gasteiger partial charge in [-0.3, -0.25) is 4.79 Å². The fraction of sp³-hybridized carbons (Fsp3) is 0.933. The van der Waals surface area contributed by atoms with Crippen molar-refractivity contribution in [1.82, 2.24) is 5.32 Å². The Balaban J connectivity index is 1.91. The first-order valence-corrected chi connectivity index (χ1v) is 7.48. The highest BCUT2D eigenvalue weighted by Gasteiger charge is 2.47. The van der Waals surface area contributed by atoms with Crippen LogP contribution in [0, 0.1) is 23.2 Å². The molecule has 0 radical (unpaired) electrons. The smallest absolute Gasteiger partial charge is 0.227 e. The van der Waals surface area contributed by atoms with Gasteiger partial charge in [-0.2, -0.15) is 0 Å². The second-order valence-electron chi connectivity index (χ2n) is 6.97. The van der Waals surface area contributed by atoms with Crippen molar-refractivity contribution in [3.63, 3.8) is 0 Å². The van der Waals surface area contributed by atoms with E-state index >= 15 is 0 Å². The van der Waals surface area contributed by atoms with Crippen LogP contribution < -0.4 is 11.1 Å². The summed E-state index contributed by atoms with van der Waals surface area (Å²) in [5, 5.41) is 3.28. The Kier molecular flexibility index (Phi) is 4.00. The Labute approximate surface area is 111 Å². The predicted octanol–water partition coefficient (Wildman–Crippen LogP) is 2.30. The third-order valence-corrected chi connectivity index (χ3v) is 5.10. The molecule has 0 aromatic heterocycles. The summed E-state index contributed by atoms with van der Waals surface area (Å²) in [6.45, 7) is 7.27. The molecule has 3 atom stereocenters. The predicted molar refractivity (Wildman–Crippen MR) is 74.0 cm³/mol. The largest absolute Gasteiger partial charge is 0.353 e. The molecule has 3 nitrogen and oxygen atoms in total. The highest BCUT2D eigenvalue weighted by molar-refractivity contribution is 5.84. The van der Waals surface area contributed by atoms with Crippen LogP contribution in [0.15, 0.2) is 0 Å². The zero-order valence-corrected chi connectivity index (χ0v) is 12.0. The second-order valence-corrected chi connectivity index (χ2v) is 6.97. The van der Waals surface area contributed by atoms with Gasteiger partial charge < -0.3 is 11.1 Å². The summed E-state index contributed by atoms with van der Waals surface area (Å²) in [6.07, 6.45) is 5.53. The summed E-state index contributed by atoms with van der Waals surface area (Å²) in [5.74, 6) is 2.28. The molecule has 18 heavy (non-hydrogen) atoms. The number of hydrogen-bond acceptors (Lipinski definition) is 2. The van der Waals surface area contributed by atoms with E-state index in [-0.39, 0.29) is 11.3 Å². The lowest BCUT2D eigenvalue weighted by Gasteiger charge is -2.46. The zero-order valence-electron chi connectivity index (χ0n) is 12.0. The van der Waals surface area contributed by atoms with E-state index in [1.807, 2.05) is 0 Å². The molecule has 0 bridgehead atoms. The van der Waals surface area contributed by atoms with Crippen molar-refractivity contribution in [2.45, 2.75) is 58.9 Å². The molecule has 2 fully saturated rings. The van der Waals surface area contributed by atoms with Crippen molar-refractivity contribution in [3.05, 3.63) is 0 Å². The third kappa shape index (κ3) is 2.56. The van der Waals surface area contributed by atoms with Gasteiger partial charge in [-0.1, -0.05) is 20.8 Å². The van der Waals surface area contributed by atoms with E-state index < -0.39 is 0 Å². The summed E-state index contributed by atoms with van der Waals surface area (Å²) >= 11 is 0. The lowest BCUT2D eigenvalue weighted by Crippen LogP contribution is -2.56. The molecule has 2 aliphatic carbocycles.